The van der Waals surface area contributed by atoms with E-state index in [0.717, 1.165) is 35.3 Å². The van der Waals surface area contributed by atoms with Gasteiger partial charge < -0.3 is 10.1 Å². The second kappa shape index (κ2) is 7.04. The molecule has 3 aliphatic rings. The van der Waals surface area contributed by atoms with Crippen LogP contribution in [0, 0.1) is 37.5 Å². The Kier molecular flexibility index (Phi) is 4.69. The van der Waals surface area contributed by atoms with Gasteiger partial charge in [-0.2, -0.15) is 0 Å². The SMILES string of the molecule is Cc1cccc(NC(=O)COC(=O)CN2C(=O)[C@@H]3[C@H]4CC[C@@H](C4)[C@@H]3C2=O)c1C. The van der Waals surface area contributed by atoms with Crippen molar-refractivity contribution < 1.29 is 23.9 Å². The number of hydrogen-bond acceptors (Lipinski definition) is 5. The molecule has 1 aromatic rings. The second-order valence-electron chi connectivity index (χ2n) is 8.10. The Morgan fingerprint density at radius 2 is 1.75 bits per heavy atom. The van der Waals surface area contributed by atoms with Crippen molar-refractivity contribution in [3.05, 3.63) is 29.3 Å². The zero-order valence-electron chi connectivity index (χ0n) is 16.1. The number of imide groups is 1. The number of rotatable bonds is 5. The zero-order chi connectivity index (χ0) is 20.0. The molecule has 1 saturated heterocycles. The largest absolute Gasteiger partial charge is 0.454 e. The molecule has 3 fully saturated rings. The van der Waals surface area contributed by atoms with Crippen molar-refractivity contribution in [2.45, 2.75) is 33.1 Å². The van der Waals surface area contributed by atoms with Crippen LogP contribution in [0.1, 0.15) is 30.4 Å². The number of likely N-dealkylation sites (tertiary alicyclic amines) is 1. The third-order valence-electron chi connectivity index (χ3n) is 6.55. The molecule has 2 bridgehead atoms. The molecule has 1 aromatic carbocycles. The number of esters is 1. The zero-order valence-corrected chi connectivity index (χ0v) is 16.1. The van der Waals surface area contributed by atoms with E-state index in [1.807, 2.05) is 26.0 Å². The average Bonchev–Trinajstić information content (AvgIpc) is 3.34. The number of benzene rings is 1. The summed E-state index contributed by atoms with van der Waals surface area (Å²) in [6, 6.07) is 5.55. The Labute approximate surface area is 163 Å². The molecule has 7 heteroatoms. The number of nitrogens with one attached hydrogen (secondary N) is 1. The Hall–Kier alpha value is -2.70. The smallest absolute Gasteiger partial charge is 0.326 e. The van der Waals surface area contributed by atoms with E-state index in [0.29, 0.717) is 5.69 Å². The van der Waals surface area contributed by atoms with E-state index < -0.39 is 25.0 Å². The van der Waals surface area contributed by atoms with Crippen LogP contribution in [0.4, 0.5) is 5.69 Å². The maximum Gasteiger partial charge on any atom is 0.326 e. The summed E-state index contributed by atoms with van der Waals surface area (Å²) in [6.45, 7) is 2.96. The van der Waals surface area contributed by atoms with Gasteiger partial charge in [-0.1, -0.05) is 12.1 Å². The number of amides is 3. The second-order valence-corrected chi connectivity index (χ2v) is 8.10. The summed E-state index contributed by atoms with van der Waals surface area (Å²) >= 11 is 0. The number of anilines is 1. The van der Waals surface area contributed by atoms with Crippen LogP contribution in [0.3, 0.4) is 0 Å². The number of ether oxygens (including phenoxy) is 1. The Bertz CT molecular complexity index is 836. The molecular formula is C21H24N2O5. The molecule has 3 amide bonds. The van der Waals surface area contributed by atoms with Gasteiger partial charge in [-0.25, -0.2) is 0 Å². The van der Waals surface area contributed by atoms with Crippen LogP contribution in [0.5, 0.6) is 0 Å². The van der Waals surface area contributed by atoms with Crippen molar-refractivity contribution in [2.24, 2.45) is 23.7 Å². The fourth-order valence-electron chi connectivity index (χ4n) is 5.02. The van der Waals surface area contributed by atoms with Crippen LogP contribution in [-0.2, 0) is 23.9 Å². The molecular weight excluding hydrogens is 360 g/mol. The van der Waals surface area contributed by atoms with Crippen LogP contribution in [-0.4, -0.2) is 41.7 Å². The average molecular weight is 384 g/mol. The highest BCUT2D eigenvalue weighted by atomic mass is 16.5. The lowest BCUT2D eigenvalue weighted by Crippen LogP contribution is -2.38. The van der Waals surface area contributed by atoms with Crippen molar-refractivity contribution >= 4 is 29.4 Å². The maximum absolute atomic E-state index is 12.6. The van der Waals surface area contributed by atoms with Gasteiger partial charge in [0, 0.05) is 5.69 Å². The Morgan fingerprint density at radius 1 is 1.11 bits per heavy atom. The molecule has 1 aliphatic heterocycles. The minimum Gasteiger partial charge on any atom is -0.454 e. The number of carbonyl (C=O) groups is 4. The lowest BCUT2D eigenvalue weighted by Gasteiger charge is -2.19. The summed E-state index contributed by atoms with van der Waals surface area (Å²) in [5.74, 6) is -1.68. The van der Waals surface area contributed by atoms with Crippen LogP contribution in [0.15, 0.2) is 18.2 Å². The molecule has 0 unspecified atom stereocenters. The molecule has 148 valence electrons. The molecule has 7 nitrogen and oxygen atoms in total. The Morgan fingerprint density at radius 3 is 2.39 bits per heavy atom. The van der Waals surface area contributed by atoms with Crippen LogP contribution in [0.2, 0.25) is 0 Å². The van der Waals surface area contributed by atoms with E-state index in [1.165, 1.54) is 0 Å². The highest BCUT2D eigenvalue weighted by Crippen LogP contribution is 2.56. The van der Waals surface area contributed by atoms with Crippen LogP contribution >= 0.6 is 0 Å². The highest BCUT2D eigenvalue weighted by molar-refractivity contribution is 6.08. The lowest BCUT2D eigenvalue weighted by molar-refractivity contribution is -0.154. The molecule has 0 radical (unpaired) electrons. The molecule has 1 N–H and O–H groups in total. The highest BCUT2D eigenvalue weighted by Gasteiger charge is 2.61. The minimum absolute atomic E-state index is 0.251. The standard InChI is InChI=1S/C21H24N2O5/c1-11-4-3-5-15(12(11)2)22-16(24)10-28-17(25)9-23-20(26)18-13-6-7-14(8-13)19(18)21(23)27/h3-5,13-14,18-19H,6-10H2,1-2H3,(H,22,24)/t13-,14-,18-,19+/m0/s1. The van der Waals surface area contributed by atoms with Gasteiger partial charge in [0.15, 0.2) is 6.61 Å². The monoisotopic (exact) mass is 384 g/mol. The summed E-state index contributed by atoms with van der Waals surface area (Å²) in [6.07, 6.45) is 2.92. The number of nitrogens with zero attached hydrogens (tertiary/aromatic N) is 1. The van der Waals surface area contributed by atoms with Gasteiger partial charge in [0.05, 0.1) is 11.8 Å². The Balaban J connectivity index is 1.30. The topological polar surface area (TPSA) is 92.8 Å². The molecule has 0 spiro atoms. The molecule has 4 atom stereocenters. The van der Waals surface area contributed by atoms with Gasteiger partial charge in [0.2, 0.25) is 11.8 Å². The van der Waals surface area contributed by atoms with E-state index in [1.54, 1.807) is 6.07 Å². The molecule has 0 aromatic heterocycles. The van der Waals surface area contributed by atoms with E-state index in [-0.39, 0.29) is 35.5 Å². The van der Waals surface area contributed by atoms with Crippen molar-refractivity contribution in [2.75, 3.05) is 18.5 Å². The number of carbonyl (C=O) groups excluding carboxylic acids is 4. The van der Waals surface area contributed by atoms with Gasteiger partial charge in [-0.05, 0) is 62.1 Å². The predicted octanol–water partition coefficient (Wildman–Crippen LogP) is 1.82. The number of hydrogen-bond donors (Lipinski definition) is 1. The molecule has 2 saturated carbocycles. The van der Waals surface area contributed by atoms with Gasteiger partial charge >= 0.3 is 5.97 Å². The van der Waals surface area contributed by atoms with Gasteiger partial charge in [-0.3, -0.25) is 24.1 Å². The molecule has 28 heavy (non-hydrogen) atoms. The van der Waals surface area contributed by atoms with Crippen LogP contribution < -0.4 is 5.32 Å². The van der Waals surface area contributed by atoms with E-state index in [9.17, 15) is 19.2 Å². The van der Waals surface area contributed by atoms with Crippen molar-refractivity contribution in [1.82, 2.24) is 4.90 Å². The number of fused-ring (bicyclic) bond motifs is 5. The van der Waals surface area contributed by atoms with Crippen molar-refractivity contribution in [1.29, 1.82) is 0 Å². The first-order valence-electron chi connectivity index (χ1n) is 9.73. The first-order chi connectivity index (χ1) is 13.4. The van der Waals surface area contributed by atoms with Gasteiger partial charge in [0.1, 0.15) is 6.54 Å². The summed E-state index contributed by atoms with van der Waals surface area (Å²) < 4.78 is 5.00. The van der Waals surface area contributed by atoms with Crippen molar-refractivity contribution in [3.8, 4) is 0 Å². The van der Waals surface area contributed by atoms with Crippen LogP contribution in [0.25, 0.3) is 0 Å². The molecule has 1 heterocycles. The summed E-state index contributed by atoms with van der Waals surface area (Å²) in [5.41, 5.74) is 2.64. The fourth-order valence-corrected chi connectivity index (χ4v) is 5.02. The lowest BCUT2D eigenvalue weighted by atomic mass is 9.81. The van der Waals surface area contributed by atoms with Gasteiger partial charge in [0.25, 0.3) is 5.91 Å². The van der Waals surface area contributed by atoms with E-state index in [2.05, 4.69) is 5.32 Å². The van der Waals surface area contributed by atoms with Crippen molar-refractivity contribution in [3.63, 3.8) is 0 Å². The predicted molar refractivity (Wildman–Crippen MR) is 100 cm³/mol. The quantitative estimate of drug-likeness (QED) is 0.617. The normalized spacial score (nSPS) is 27.9. The maximum atomic E-state index is 12.6. The third kappa shape index (κ3) is 3.08. The van der Waals surface area contributed by atoms with Gasteiger partial charge in [-0.15, -0.1) is 0 Å². The minimum atomic E-state index is -0.745. The fraction of sp³-hybridized carbons (Fsp3) is 0.524. The summed E-state index contributed by atoms with van der Waals surface area (Å²) in [5, 5.41) is 2.71. The third-order valence-corrected chi connectivity index (χ3v) is 6.55. The van der Waals surface area contributed by atoms with E-state index in [4.69, 9.17) is 4.74 Å². The van der Waals surface area contributed by atoms with E-state index >= 15 is 0 Å². The summed E-state index contributed by atoms with van der Waals surface area (Å²) in [7, 11) is 0. The first kappa shape index (κ1) is 18.7. The molecule has 2 aliphatic carbocycles. The number of aryl methyl sites for hydroxylation is 1. The first-order valence-corrected chi connectivity index (χ1v) is 9.73. The molecule has 4 rings (SSSR count). The summed E-state index contributed by atoms with van der Waals surface area (Å²) in [4.78, 5) is 50.4.